The van der Waals surface area contributed by atoms with Gasteiger partial charge in [0.15, 0.2) is 0 Å². The molecule has 0 spiro atoms. The van der Waals surface area contributed by atoms with Crippen LogP contribution in [0.25, 0.3) is 11.3 Å². The predicted octanol–water partition coefficient (Wildman–Crippen LogP) is 2.03. The van der Waals surface area contributed by atoms with E-state index < -0.39 is 0 Å². The van der Waals surface area contributed by atoms with Crippen LogP contribution in [0.4, 0.5) is 0 Å². The van der Waals surface area contributed by atoms with Crippen molar-refractivity contribution in [3.63, 3.8) is 0 Å². The lowest BCUT2D eigenvalue weighted by molar-refractivity contribution is -0.125. The Morgan fingerprint density at radius 1 is 1.33 bits per heavy atom. The molecule has 144 valence electrons. The van der Waals surface area contributed by atoms with E-state index >= 15 is 0 Å². The molecule has 1 N–H and O–H groups in total. The van der Waals surface area contributed by atoms with Crippen LogP contribution in [0.5, 0.6) is 0 Å². The van der Waals surface area contributed by atoms with Crippen molar-refractivity contribution in [3.8, 4) is 11.3 Å². The van der Waals surface area contributed by atoms with E-state index in [0.717, 1.165) is 25.2 Å². The molecule has 2 bridgehead atoms. The van der Waals surface area contributed by atoms with Crippen LogP contribution >= 0.6 is 0 Å². The molecule has 0 saturated carbocycles. The summed E-state index contributed by atoms with van der Waals surface area (Å²) in [6.07, 6.45) is 2.35. The van der Waals surface area contributed by atoms with Crippen molar-refractivity contribution in [2.24, 2.45) is 13.0 Å². The molecular formula is C21H28N4O2. The highest BCUT2D eigenvalue weighted by atomic mass is 16.5. The molecule has 5 rings (SSSR count). The van der Waals surface area contributed by atoms with Crippen molar-refractivity contribution in [1.29, 1.82) is 0 Å². The summed E-state index contributed by atoms with van der Waals surface area (Å²) in [6, 6.07) is 13.1. The quantitative estimate of drug-likeness (QED) is 0.848. The van der Waals surface area contributed by atoms with Gasteiger partial charge >= 0.3 is 0 Å². The van der Waals surface area contributed by atoms with Gasteiger partial charge in [-0.15, -0.1) is 0 Å². The highest BCUT2D eigenvalue weighted by Gasteiger charge is 2.41. The monoisotopic (exact) mass is 368 g/mol. The minimum Gasteiger partial charge on any atom is -0.375 e. The number of hydrogen-bond acceptors (Lipinski definition) is 4. The summed E-state index contributed by atoms with van der Waals surface area (Å²) in [6.45, 7) is 3.01. The van der Waals surface area contributed by atoms with Crippen LogP contribution in [0.3, 0.4) is 0 Å². The fraction of sp³-hybridized carbons (Fsp3) is 0.524. The molecule has 1 amide bonds. The van der Waals surface area contributed by atoms with Gasteiger partial charge in [0.2, 0.25) is 5.91 Å². The summed E-state index contributed by atoms with van der Waals surface area (Å²) in [5.41, 5.74) is 3.54. The van der Waals surface area contributed by atoms with Crippen LogP contribution in [0.2, 0.25) is 0 Å². The van der Waals surface area contributed by atoms with Gasteiger partial charge in [0, 0.05) is 50.5 Å². The normalized spacial score (nSPS) is 26.9. The number of aryl methyl sites for hydroxylation is 1. The van der Waals surface area contributed by atoms with Crippen LogP contribution in [0.15, 0.2) is 36.4 Å². The molecule has 3 saturated heterocycles. The molecule has 1 aromatic heterocycles. The second-order valence-corrected chi connectivity index (χ2v) is 7.72. The molecule has 1 aromatic carbocycles. The molecule has 1 unspecified atom stereocenters. The number of nitrogens with zero attached hydrogens (tertiary/aromatic N) is 3. The zero-order chi connectivity index (χ0) is 18.8. The van der Waals surface area contributed by atoms with Crippen molar-refractivity contribution < 1.29 is 9.53 Å². The molecule has 0 radical (unpaired) electrons. The Kier molecular flexibility index (Phi) is 5.27. The maximum atomic E-state index is 11.7. The largest absolute Gasteiger partial charge is 0.375 e. The molecule has 0 aliphatic carbocycles. The topological polar surface area (TPSA) is 59.4 Å². The van der Waals surface area contributed by atoms with Gasteiger partial charge in [-0.2, -0.15) is 5.10 Å². The Morgan fingerprint density at radius 2 is 2.15 bits per heavy atom. The molecule has 3 aliphatic rings. The first-order chi connectivity index (χ1) is 13.2. The molecule has 6 nitrogen and oxygen atoms in total. The SMILES string of the molecule is COCC(=O)NC[C@H]1C[C@@H]2CCN1C[C@H]2c1cc(-c2ccccc2)nn1C. The van der Waals surface area contributed by atoms with Gasteiger partial charge in [-0.1, -0.05) is 30.3 Å². The second kappa shape index (κ2) is 7.82. The lowest BCUT2D eigenvalue weighted by atomic mass is 9.74. The summed E-state index contributed by atoms with van der Waals surface area (Å²) < 4.78 is 6.96. The maximum absolute atomic E-state index is 11.7. The Bertz CT molecular complexity index is 789. The fourth-order valence-corrected chi connectivity index (χ4v) is 4.68. The number of piperidine rings is 3. The molecule has 4 heterocycles. The number of rotatable bonds is 6. The number of aromatic nitrogens is 2. The molecule has 3 fully saturated rings. The summed E-state index contributed by atoms with van der Waals surface area (Å²) >= 11 is 0. The maximum Gasteiger partial charge on any atom is 0.246 e. The Morgan fingerprint density at radius 3 is 2.85 bits per heavy atom. The predicted molar refractivity (Wildman–Crippen MR) is 104 cm³/mol. The molecule has 6 heteroatoms. The first kappa shape index (κ1) is 18.2. The molecule has 27 heavy (non-hydrogen) atoms. The van der Waals surface area contributed by atoms with Crippen molar-refractivity contribution in [2.45, 2.75) is 24.8 Å². The van der Waals surface area contributed by atoms with E-state index in [9.17, 15) is 4.79 Å². The van der Waals surface area contributed by atoms with E-state index in [4.69, 9.17) is 9.84 Å². The highest BCUT2D eigenvalue weighted by molar-refractivity contribution is 5.77. The minimum atomic E-state index is -0.0316. The number of amides is 1. The highest BCUT2D eigenvalue weighted by Crippen LogP contribution is 2.42. The average Bonchev–Trinajstić information content (AvgIpc) is 3.09. The van der Waals surface area contributed by atoms with Crippen LogP contribution in [0, 0.1) is 5.92 Å². The van der Waals surface area contributed by atoms with E-state index in [1.54, 1.807) is 7.11 Å². The summed E-state index contributed by atoms with van der Waals surface area (Å²) in [5.74, 6) is 1.13. The standard InChI is InChI=1S/C21H28N4O2/c1-24-20(11-19(23-24)15-6-4-3-5-7-15)18-13-25-9-8-16(18)10-17(25)12-22-21(26)14-27-2/h3-7,11,16-18H,8-10,12-14H2,1-2H3,(H,22,26)/t16-,17+,18+/m0/s1. The smallest absolute Gasteiger partial charge is 0.246 e. The third-order valence-corrected chi connectivity index (χ3v) is 6.05. The van der Waals surface area contributed by atoms with Gasteiger partial charge in [-0.05, 0) is 31.4 Å². The number of hydrogen-bond donors (Lipinski definition) is 1. The van der Waals surface area contributed by atoms with Gasteiger partial charge in [0.25, 0.3) is 0 Å². The first-order valence-corrected chi connectivity index (χ1v) is 9.74. The minimum absolute atomic E-state index is 0.0316. The van der Waals surface area contributed by atoms with E-state index in [-0.39, 0.29) is 12.5 Å². The molecule has 3 aliphatic heterocycles. The van der Waals surface area contributed by atoms with Crippen LogP contribution in [-0.4, -0.2) is 60.0 Å². The Labute approximate surface area is 160 Å². The van der Waals surface area contributed by atoms with Crippen molar-refractivity contribution >= 4 is 5.91 Å². The summed E-state index contributed by atoms with van der Waals surface area (Å²) in [5, 5.41) is 7.77. The number of carbonyl (C=O) groups excluding carboxylic acids is 1. The van der Waals surface area contributed by atoms with E-state index in [1.807, 2.05) is 6.07 Å². The van der Waals surface area contributed by atoms with Crippen LogP contribution < -0.4 is 5.32 Å². The van der Waals surface area contributed by atoms with Crippen molar-refractivity contribution in [3.05, 3.63) is 42.1 Å². The zero-order valence-corrected chi connectivity index (χ0v) is 16.1. The third-order valence-electron chi connectivity index (χ3n) is 6.05. The Balaban J connectivity index is 1.45. The molecule has 4 atom stereocenters. The number of ether oxygens (including phenoxy) is 1. The Hall–Kier alpha value is -2.18. The first-order valence-electron chi connectivity index (χ1n) is 9.74. The van der Waals surface area contributed by atoms with Gasteiger partial charge in [0.1, 0.15) is 6.61 Å². The fourth-order valence-electron chi connectivity index (χ4n) is 4.68. The van der Waals surface area contributed by atoms with Crippen molar-refractivity contribution in [2.75, 3.05) is 33.4 Å². The number of carbonyl (C=O) groups is 1. The molecule has 2 aromatic rings. The summed E-state index contributed by atoms with van der Waals surface area (Å²) in [4.78, 5) is 14.2. The number of fused-ring (bicyclic) bond motifs is 3. The summed E-state index contributed by atoms with van der Waals surface area (Å²) in [7, 11) is 3.61. The third kappa shape index (κ3) is 3.77. The average molecular weight is 368 g/mol. The van der Waals surface area contributed by atoms with Gasteiger partial charge in [-0.25, -0.2) is 0 Å². The zero-order valence-electron chi connectivity index (χ0n) is 16.1. The van der Waals surface area contributed by atoms with E-state index in [2.05, 4.69) is 52.3 Å². The van der Waals surface area contributed by atoms with Crippen LogP contribution in [-0.2, 0) is 16.6 Å². The van der Waals surface area contributed by atoms with E-state index in [0.29, 0.717) is 24.4 Å². The second-order valence-electron chi connectivity index (χ2n) is 7.72. The van der Waals surface area contributed by atoms with Crippen molar-refractivity contribution in [1.82, 2.24) is 20.0 Å². The van der Waals surface area contributed by atoms with Crippen LogP contribution in [0.1, 0.15) is 24.5 Å². The number of benzene rings is 1. The lowest BCUT2D eigenvalue weighted by Gasteiger charge is -2.50. The number of nitrogens with one attached hydrogen (secondary N) is 1. The van der Waals surface area contributed by atoms with E-state index in [1.165, 1.54) is 17.7 Å². The van der Waals surface area contributed by atoms with Gasteiger partial charge in [-0.3, -0.25) is 14.4 Å². The van der Waals surface area contributed by atoms with Gasteiger partial charge < -0.3 is 10.1 Å². The molecular weight excluding hydrogens is 340 g/mol. The lowest BCUT2D eigenvalue weighted by Crippen LogP contribution is -2.56. The number of methoxy groups -OCH3 is 1. The van der Waals surface area contributed by atoms with Gasteiger partial charge in [0.05, 0.1) is 5.69 Å².